The second-order valence-corrected chi connectivity index (χ2v) is 5.62. The number of anilines is 2. The van der Waals surface area contributed by atoms with Gasteiger partial charge in [0.05, 0.1) is 6.26 Å². The molecule has 1 atom stereocenters. The molecule has 132 valence electrons. The maximum atomic E-state index is 13.2. The van der Waals surface area contributed by atoms with Crippen LogP contribution in [0.3, 0.4) is 0 Å². The lowest BCUT2D eigenvalue weighted by Crippen LogP contribution is -2.38. The van der Waals surface area contributed by atoms with Gasteiger partial charge in [0.2, 0.25) is 5.76 Å². The number of furan rings is 1. The fourth-order valence-electron chi connectivity index (χ4n) is 2.59. The highest BCUT2D eigenvalue weighted by atomic mass is 16.6. The molecule has 1 amide bonds. The van der Waals surface area contributed by atoms with Crippen LogP contribution < -0.4 is 4.90 Å². The highest BCUT2D eigenvalue weighted by Crippen LogP contribution is 2.27. The van der Waals surface area contributed by atoms with Gasteiger partial charge in [-0.15, -0.1) is 0 Å². The Labute approximate surface area is 151 Å². The summed E-state index contributed by atoms with van der Waals surface area (Å²) in [5.74, 6) is -0.900. The number of rotatable bonds is 6. The zero-order chi connectivity index (χ0) is 18.4. The Bertz CT molecular complexity index is 805. The van der Waals surface area contributed by atoms with Crippen molar-refractivity contribution in [3.8, 4) is 0 Å². The molecule has 3 aromatic rings. The van der Waals surface area contributed by atoms with E-state index < -0.39 is 12.1 Å². The van der Waals surface area contributed by atoms with E-state index in [1.807, 2.05) is 60.7 Å². The average Bonchev–Trinajstić information content (AvgIpc) is 3.23. The first-order chi connectivity index (χ1) is 12.7. The van der Waals surface area contributed by atoms with E-state index >= 15 is 0 Å². The zero-order valence-electron chi connectivity index (χ0n) is 14.4. The molecule has 0 saturated heterocycles. The molecule has 2 aromatic carbocycles. The molecule has 26 heavy (non-hydrogen) atoms. The van der Waals surface area contributed by atoms with E-state index in [2.05, 4.69) is 0 Å². The minimum absolute atomic E-state index is 0.0715. The van der Waals surface area contributed by atoms with Gasteiger partial charge in [0.1, 0.15) is 0 Å². The van der Waals surface area contributed by atoms with Crippen molar-refractivity contribution < 1.29 is 18.7 Å². The first-order valence-electron chi connectivity index (χ1n) is 8.39. The van der Waals surface area contributed by atoms with Crippen molar-refractivity contribution in [3.05, 3.63) is 84.8 Å². The molecule has 1 aromatic heterocycles. The van der Waals surface area contributed by atoms with Crippen LogP contribution in [0.15, 0.2) is 83.5 Å². The number of benzene rings is 2. The fraction of sp³-hybridized carbons (Fsp3) is 0.143. The Balaban J connectivity index is 1.89. The van der Waals surface area contributed by atoms with Crippen molar-refractivity contribution in [1.29, 1.82) is 0 Å². The van der Waals surface area contributed by atoms with Gasteiger partial charge >= 0.3 is 5.97 Å². The second-order valence-electron chi connectivity index (χ2n) is 5.62. The van der Waals surface area contributed by atoms with Gasteiger partial charge in [-0.05, 0) is 42.8 Å². The van der Waals surface area contributed by atoms with E-state index in [0.29, 0.717) is 17.8 Å². The molecule has 0 aliphatic rings. The van der Waals surface area contributed by atoms with E-state index in [9.17, 15) is 9.59 Å². The summed E-state index contributed by atoms with van der Waals surface area (Å²) in [6, 6.07) is 21.6. The zero-order valence-corrected chi connectivity index (χ0v) is 14.4. The van der Waals surface area contributed by atoms with E-state index in [0.717, 1.165) is 0 Å². The number of esters is 1. The summed E-state index contributed by atoms with van der Waals surface area (Å²) < 4.78 is 10.5. The SMILES string of the molecule is CCC(OC(=O)c1ccco1)C(=O)N(c1ccccc1)c1ccccc1. The quantitative estimate of drug-likeness (QED) is 0.611. The first kappa shape index (κ1) is 17.5. The van der Waals surface area contributed by atoms with Crippen LogP contribution in [0, 0.1) is 0 Å². The van der Waals surface area contributed by atoms with Crippen LogP contribution in [-0.4, -0.2) is 18.0 Å². The number of carbonyl (C=O) groups is 2. The lowest BCUT2D eigenvalue weighted by molar-refractivity contribution is -0.126. The lowest BCUT2D eigenvalue weighted by atomic mass is 10.1. The summed E-state index contributed by atoms with van der Waals surface area (Å²) in [5.41, 5.74) is 1.41. The van der Waals surface area contributed by atoms with E-state index in [-0.39, 0.29) is 11.7 Å². The number of nitrogens with zero attached hydrogens (tertiary/aromatic N) is 1. The maximum absolute atomic E-state index is 13.2. The third-order valence-electron chi connectivity index (χ3n) is 3.87. The van der Waals surface area contributed by atoms with Crippen LogP contribution >= 0.6 is 0 Å². The molecule has 0 aliphatic carbocycles. The molecule has 0 bridgehead atoms. The van der Waals surface area contributed by atoms with Gasteiger partial charge in [-0.25, -0.2) is 4.79 Å². The summed E-state index contributed by atoms with van der Waals surface area (Å²) >= 11 is 0. The number of ether oxygens (including phenoxy) is 1. The molecule has 5 heteroatoms. The Hall–Kier alpha value is -3.34. The maximum Gasteiger partial charge on any atom is 0.374 e. The second kappa shape index (κ2) is 8.16. The van der Waals surface area contributed by atoms with Crippen molar-refractivity contribution in [1.82, 2.24) is 0 Å². The van der Waals surface area contributed by atoms with E-state index in [4.69, 9.17) is 9.15 Å². The Morgan fingerprint density at radius 3 is 1.96 bits per heavy atom. The van der Waals surface area contributed by atoms with Crippen LogP contribution in [0.5, 0.6) is 0 Å². The number of carbonyl (C=O) groups excluding carboxylic acids is 2. The summed E-state index contributed by atoms with van der Waals surface area (Å²) in [7, 11) is 0. The Morgan fingerprint density at radius 1 is 0.923 bits per heavy atom. The molecule has 0 N–H and O–H groups in total. The Kier molecular flexibility index (Phi) is 5.49. The van der Waals surface area contributed by atoms with Crippen molar-refractivity contribution in [2.45, 2.75) is 19.4 Å². The predicted molar refractivity (Wildman–Crippen MR) is 98.2 cm³/mol. The van der Waals surface area contributed by atoms with Gasteiger partial charge in [-0.1, -0.05) is 43.3 Å². The minimum atomic E-state index is -0.923. The lowest BCUT2D eigenvalue weighted by Gasteiger charge is -2.27. The van der Waals surface area contributed by atoms with Gasteiger partial charge < -0.3 is 9.15 Å². The Morgan fingerprint density at radius 2 is 1.50 bits per heavy atom. The van der Waals surface area contributed by atoms with Gasteiger partial charge in [0, 0.05) is 11.4 Å². The molecule has 5 nitrogen and oxygen atoms in total. The number of amides is 1. The van der Waals surface area contributed by atoms with Gasteiger partial charge in [-0.2, -0.15) is 0 Å². The predicted octanol–water partition coefficient (Wildman–Crippen LogP) is 4.58. The fourth-order valence-corrected chi connectivity index (χ4v) is 2.59. The molecular formula is C21H19NO4. The van der Waals surface area contributed by atoms with Gasteiger partial charge in [-0.3, -0.25) is 9.69 Å². The smallest absolute Gasteiger partial charge is 0.374 e. The van der Waals surface area contributed by atoms with Crippen LogP contribution in [0.25, 0.3) is 0 Å². The van der Waals surface area contributed by atoms with Crippen LogP contribution in [0.4, 0.5) is 11.4 Å². The van der Waals surface area contributed by atoms with Crippen molar-refractivity contribution in [2.75, 3.05) is 4.90 Å². The molecule has 1 unspecified atom stereocenters. The monoisotopic (exact) mass is 349 g/mol. The highest BCUT2D eigenvalue weighted by molar-refractivity contribution is 6.04. The summed E-state index contributed by atoms with van der Waals surface area (Å²) in [6.45, 7) is 1.80. The molecule has 0 aliphatic heterocycles. The molecule has 3 rings (SSSR count). The molecule has 0 fully saturated rings. The minimum Gasteiger partial charge on any atom is -0.457 e. The third kappa shape index (κ3) is 3.83. The average molecular weight is 349 g/mol. The number of hydrogen-bond donors (Lipinski definition) is 0. The van der Waals surface area contributed by atoms with Gasteiger partial charge in [0.25, 0.3) is 5.91 Å². The topological polar surface area (TPSA) is 59.8 Å². The summed E-state index contributed by atoms with van der Waals surface area (Å²) in [6.07, 6.45) is 0.814. The van der Waals surface area contributed by atoms with Crippen LogP contribution in [0.1, 0.15) is 23.9 Å². The van der Waals surface area contributed by atoms with Crippen molar-refractivity contribution >= 4 is 23.3 Å². The van der Waals surface area contributed by atoms with Crippen molar-refractivity contribution in [3.63, 3.8) is 0 Å². The number of para-hydroxylation sites is 2. The highest BCUT2D eigenvalue weighted by Gasteiger charge is 2.29. The van der Waals surface area contributed by atoms with Crippen LogP contribution in [-0.2, 0) is 9.53 Å². The molecule has 0 spiro atoms. The summed E-state index contributed by atoms with van der Waals surface area (Å²) in [5, 5.41) is 0. The van der Waals surface area contributed by atoms with E-state index in [1.54, 1.807) is 17.9 Å². The van der Waals surface area contributed by atoms with Crippen molar-refractivity contribution in [2.24, 2.45) is 0 Å². The van der Waals surface area contributed by atoms with Gasteiger partial charge in [0.15, 0.2) is 6.10 Å². The molecule has 1 heterocycles. The normalized spacial score (nSPS) is 11.6. The molecule has 0 radical (unpaired) electrons. The van der Waals surface area contributed by atoms with Crippen LogP contribution in [0.2, 0.25) is 0 Å². The molecule has 0 saturated carbocycles. The molecular weight excluding hydrogens is 330 g/mol. The largest absolute Gasteiger partial charge is 0.457 e. The van der Waals surface area contributed by atoms with E-state index in [1.165, 1.54) is 12.3 Å². The summed E-state index contributed by atoms with van der Waals surface area (Å²) in [4.78, 5) is 26.9. The number of hydrogen-bond acceptors (Lipinski definition) is 4. The third-order valence-corrected chi connectivity index (χ3v) is 3.87. The standard InChI is InChI=1S/C21H19NO4/c1-2-18(26-21(24)19-14-9-15-25-19)20(23)22(16-10-5-3-6-11-16)17-12-7-4-8-13-17/h3-15,18H,2H2,1H3. The first-order valence-corrected chi connectivity index (χ1v) is 8.39.